The second-order valence-corrected chi connectivity index (χ2v) is 4.52. The summed E-state index contributed by atoms with van der Waals surface area (Å²) < 4.78 is 0. The zero-order valence-electron chi connectivity index (χ0n) is 8.62. The van der Waals surface area contributed by atoms with Gasteiger partial charge in [-0.2, -0.15) is 0 Å². The van der Waals surface area contributed by atoms with Gasteiger partial charge >= 0.3 is 0 Å². The molecule has 0 bridgehead atoms. The predicted octanol–water partition coefficient (Wildman–Crippen LogP) is 3.56. The summed E-state index contributed by atoms with van der Waals surface area (Å²) in [5, 5.41) is 0. The third-order valence-electron chi connectivity index (χ3n) is 3.83. The van der Waals surface area contributed by atoms with Gasteiger partial charge in [0.1, 0.15) is 0 Å². The molecule has 0 heterocycles. The molecule has 0 radical (unpaired) electrons. The highest BCUT2D eigenvalue weighted by atomic mass is 14.5. The van der Waals surface area contributed by atoms with Crippen LogP contribution in [0.1, 0.15) is 13.8 Å². The van der Waals surface area contributed by atoms with Crippen molar-refractivity contribution in [1.29, 1.82) is 0 Å². The Labute approximate surface area is 85.0 Å². The van der Waals surface area contributed by atoms with Crippen molar-refractivity contribution < 1.29 is 0 Å². The Balaban J connectivity index is 2.32. The molecular weight excluding hydrogens is 168 g/mol. The van der Waals surface area contributed by atoms with Crippen LogP contribution in [0.4, 0.5) is 0 Å². The lowest BCUT2D eigenvalue weighted by Gasteiger charge is -2.29. The van der Waals surface area contributed by atoms with Crippen molar-refractivity contribution in [3.8, 4) is 0 Å². The molecule has 0 heteroatoms. The zero-order chi connectivity index (χ0) is 9.76. The van der Waals surface area contributed by atoms with Crippen LogP contribution in [0.3, 0.4) is 0 Å². The molecule has 0 spiro atoms. The van der Waals surface area contributed by atoms with Crippen molar-refractivity contribution in [3.05, 3.63) is 59.3 Å². The fourth-order valence-electron chi connectivity index (χ4n) is 2.89. The lowest BCUT2D eigenvalue weighted by Crippen LogP contribution is -2.21. The van der Waals surface area contributed by atoms with Gasteiger partial charge in [-0.05, 0) is 23.6 Å². The fraction of sp³-hybridized carbons (Fsp3) is 0.286. The van der Waals surface area contributed by atoms with E-state index >= 15 is 0 Å². The van der Waals surface area contributed by atoms with E-state index in [1.54, 1.807) is 0 Å². The van der Waals surface area contributed by atoms with Crippen molar-refractivity contribution in [2.24, 2.45) is 11.3 Å². The topological polar surface area (TPSA) is 0 Å². The van der Waals surface area contributed by atoms with E-state index in [2.05, 4.69) is 56.4 Å². The van der Waals surface area contributed by atoms with E-state index in [4.69, 9.17) is 0 Å². The van der Waals surface area contributed by atoms with Crippen LogP contribution >= 0.6 is 0 Å². The van der Waals surface area contributed by atoms with Crippen LogP contribution < -0.4 is 0 Å². The van der Waals surface area contributed by atoms with E-state index in [0.29, 0.717) is 5.92 Å². The first kappa shape index (κ1) is 8.05. The Hall–Kier alpha value is -1.30. The largest absolute Gasteiger partial charge is 0.0761 e. The minimum Gasteiger partial charge on any atom is -0.0761 e. The molecule has 0 N–H and O–H groups in total. The van der Waals surface area contributed by atoms with Gasteiger partial charge in [0.05, 0.1) is 0 Å². The number of rotatable bonds is 0. The van der Waals surface area contributed by atoms with Gasteiger partial charge in [0.2, 0.25) is 0 Å². The van der Waals surface area contributed by atoms with E-state index in [0.717, 1.165) is 0 Å². The van der Waals surface area contributed by atoms with Crippen molar-refractivity contribution in [1.82, 2.24) is 0 Å². The number of allylic oxidation sites excluding steroid dienone is 10. The Morgan fingerprint density at radius 3 is 2.79 bits per heavy atom. The Morgan fingerprint density at radius 1 is 1.14 bits per heavy atom. The van der Waals surface area contributed by atoms with Gasteiger partial charge in [0.25, 0.3) is 0 Å². The maximum atomic E-state index is 2.36. The standard InChI is InChI=1S/C14H14/c1-10-4-3-5-11-6-7-12-8-9-13(10)14(11,12)2/h3-9,12H,1-2H3. The van der Waals surface area contributed by atoms with Gasteiger partial charge in [-0.25, -0.2) is 0 Å². The van der Waals surface area contributed by atoms with Crippen LogP contribution in [-0.4, -0.2) is 0 Å². The Kier molecular flexibility index (Phi) is 1.37. The quantitative estimate of drug-likeness (QED) is 0.537. The first-order valence-electron chi connectivity index (χ1n) is 5.19. The van der Waals surface area contributed by atoms with Gasteiger partial charge in [-0.3, -0.25) is 0 Å². The highest BCUT2D eigenvalue weighted by Crippen LogP contribution is 2.54. The second-order valence-electron chi connectivity index (χ2n) is 4.52. The average Bonchev–Trinajstić information content (AvgIpc) is 2.57. The first-order chi connectivity index (χ1) is 6.73. The van der Waals surface area contributed by atoms with E-state index in [1.165, 1.54) is 16.7 Å². The van der Waals surface area contributed by atoms with Gasteiger partial charge in [-0.1, -0.05) is 49.5 Å². The molecule has 2 atom stereocenters. The first-order valence-corrected chi connectivity index (χ1v) is 5.19. The summed E-state index contributed by atoms with van der Waals surface area (Å²) in [5.74, 6) is 0.582. The Bertz CT molecular complexity index is 441. The van der Waals surface area contributed by atoms with E-state index < -0.39 is 0 Å². The molecule has 0 fully saturated rings. The SMILES string of the molecule is CC1=C2C=CC3C=CC(=CC=C1)C23C. The van der Waals surface area contributed by atoms with Crippen LogP contribution in [0.25, 0.3) is 0 Å². The van der Waals surface area contributed by atoms with Crippen LogP contribution in [0.2, 0.25) is 0 Å². The average molecular weight is 182 g/mol. The summed E-state index contributed by atoms with van der Waals surface area (Å²) in [6, 6.07) is 0. The van der Waals surface area contributed by atoms with Crippen LogP contribution in [0, 0.1) is 11.3 Å². The van der Waals surface area contributed by atoms with Crippen molar-refractivity contribution in [3.63, 3.8) is 0 Å². The predicted molar refractivity (Wildman–Crippen MR) is 59.8 cm³/mol. The van der Waals surface area contributed by atoms with Crippen molar-refractivity contribution >= 4 is 0 Å². The Morgan fingerprint density at radius 2 is 1.93 bits per heavy atom. The summed E-state index contributed by atoms with van der Waals surface area (Å²) in [5.41, 5.74) is 4.58. The smallest absolute Gasteiger partial charge is 0.0274 e. The van der Waals surface area contributed by atoms with Crippen molar-refractivity contribution in [2.45, 2.75) is 13.8 Å². The van der Waals surface area contributed by atoms with E-state index in [1.807, 2.05) is 0 Å². The van der Waals surface area contributed by atoms with E-state index in [-0.39, 0.29) is 5.41 Å². The highest BCUT2D eigenvalue weighted by molar-refractivity contribution is 5.58. The zero-order valence-corrected chi connectivity index (χ0v) is 8.62. The summed E-state index contributed by atoms with van der Waals surface area (Å²) >= 11 is 0. The lowest BCUT2D eigenvalue weighted by atomic mass is 9.73. The fourth-order valence-corrected chi connectivity index (χ4v) is 2.89. The highest BCUT2D eigenvalue weighted by Gasteiger charge is 2.44. The van der Waals surface area contributed by atoms with Crippen molar-refractivity contribution in [2.75, 3.05) is 0 Å². The number of hydrogen-bond donors (Lipinski definition) is 0. The molecule has 0 amide bonds. The molecule has 3 aliphatic rings. The molecule has 0 aromatic heterocycles. The molecule has 2 unspecified atom stereocenters. The molecule has 14 heavy (non-hydrogen) atoms. The molecule has 0 aliphatic heterocycles. The molecule has 0 aromatic rings. The van der Waals surface area contributed by atoms with Gasteiger partial charge in [0, 0.05) is 11.3 Å². The second kappa shape index (κ2) is 2.38. The molecule has 3 rings (SSSR count). The van der Waals surface area contributed by atoms with E-state index in [9.17, 15) is 0 Å². The monoisotopic (exact) mass is 182 g/mol. The third-order valence-corrected chi connectivity index (χ3v) is 3.83. The summed E-state index contributed by atoms with van der Waals surface area (Å²) in [6.07, 6.45) is 15.9. The lowest BCUT2D eigenvalue weighted by molar-refractivity contribution is 0.461. The molecule has 0 aromatic carbocycles. The maximum absolute atomic E-state index is 2.36. The molecule has 3 aliphatic carbocycles. The van der Waals surface area contributed by atoms with Crippen LogP contribution in [-0.2, 0) is 0 Å². The number of hydrogen-bond acceptors (Lipinski definition) is 0. The van der Waals surface area contributed by atoms with Crippen LogP contribution in [0.5, 0.6) is 0 Å². The maximum Gasteiger partial charge on any atom is 0.0274 e. The minimum atomic E-state index is 0.230. The summed E-state index contributed by atoms with van der Waals surface area (Å²) in [6.45, 7) is 4.56. The molecule has 0 nitrogen and oxygen atoms in total. The summed E-state index contributed by atoms with van der Waals surface area (Å²) in [7, 11) is 0. The van der Waals surface area contributed by atoms with Gasteiger partial charge in [-0.15, -0.1) is 0 Å². The van der Waals surface area contributed by atoms with Crippen LogP contribution in [0.15, 0.2) is 59.3 Å². The molecule has 70 valence electrons. The van der Waals surface area contributed by atoms with Gasteiger partial charge < -0.3 is 0 Å². The minimum absolute atomic E-state index is 0.230. The molecule has 0 saturated heterocycles. The molecular formula is C14H14. The normalized spacial score (nSPS) is 37.6. The third kappa shape index (κ3) is 0.747. The molecule has 0 saturated carbocycles. The van der Waals surface area contributed by atoms with Gasteiger partial charge in [0.15, 0.2) is 0 Å². The summed E-state index contributed by atoms with van der Waals surface area (Å²) in [4.78, 5) is 0.